The third kappa shape index (κ3) is 5.77. The number of nitrogens with zero attached hydrogens (tertiary/aromatic N) is 3. The summed E-state index contributed by atoms with van der Waals surface area (Å²) in [6.45, 7) is 6.91. The third-order valence-corrected chi connectivity index (χ3v) is 5.85. The quantitative estimate of drug-likeness (QED) is 0.777. The fourth-order valence-electron chi connectivity index (χ4n) is 4.15. The maximum atomic E-state index is 13.3. The van der Waals surface area contributed by atoms with Gasteiger partial charge in [0.15, 0.2) is 0 Å². The topological polar surface area (TPSA) is 43.9 Å². The van der Waals surface area contributed by atoms with Crippen molar-refractivity contribution in [3.05, 3.63) is 35.6 Å². The Labute approximate surface area is 167 Å². The van der Waals surface area contributed by atoms with Crippen LogP contribution in [0.3, 0.4) is 0 Å². The molecule has 2 amide bonds. The molecule has 0 spiro atoms. The Kier molecular flexibility index (Phi) is 7.43. The first kappa shape index (κ1) is 20.8. The van der Waals surface area contributed by atoms with E-state index in [0.717, 1.165) is 44.6 Å². The summed E-state index contributed by atoms with van der Waals surface area (Å²) in [5.41, 5.74) is 0.850. The summed E-state index contributed by atoms with van der Waals surface area (Å²) in [5, 5.41) is 0. The van der Waals surface area contributed by atoms with Crippen LogP contribution in [-0.2, 0) is 16.0 Å². The molecule has 1 aromatic rings. The molecule has 0 saturated carbocycles. The molecule has 2 aliphatic rings. The molecule has 2 saturated heterocycles. The lowest BCUT2D eigenvalue weighted by Gasteiger charge is -2.36. The number of carbonyl (C=O) groups excluding carboxylic acids is 2. The van der Waals surface area contributed by atoms with Crippen molar-refractivity contribution in [3.8, 4) is 0 Å². The molecule has 1 atom stereocenters. The second kappa shape index (κ2) is 10.0. The number of rotatable bonds is 5. The minimum atomic E-state index is -0.264. The van der Waals surface area contributed by atoms with Gasteiger partial charge < -0.3 is 9.80 Å². The summed E-state index contributed by atoms with van der Waals surface area (Å²) in [4.78, 5) is 31.3. The van der Waals surface area contributed by atoms with E-state index in [1.54, 1.807) is 6.07 Å². The van der Waals surface area contributed by atoms with E-state index in [2.05, 4.69) is 4.90 Å². The van der Waals surface area contributed by atoms with Crippen LogP contribution in [0, 0.1) is 11.7 Å². The van der Waals surface area contributed by atoms with Crippen LogP contribution >= 0.6 is 0 Å². The molecule has 28 heavy (non-hydrogen) atoms. The monoisotopic (exact) mass is 389 g/mol. The molecule has 3 rings (SSSR count). The van der Waals surface area contributed by atoms with E-state index in [4.69, 9.17) is 0 Å². The average molecular weight is 390 g/mol. The zero-order chi connectivity index (χ0) is 19.9. The maximum Gasteiger partial charge on any atom is 0.236 e. The zero-order valence-electron chi connectivity index (χ0n) is 16.9. The smallest absolute Gasteiger partial charge is 0.236 e. The largest absolute Gasteiger partial charge is 0.342 e. The van der Waals surface area contributed by atoms with Crippen molar-refractivity contribution >= 4 is 11.8 Å². The lowest BCUT2D eigenvalue weighted by atomic mass is 9.99. The predicted molar refractivity (Wildman–Crippen MR) is 107 cm³/mol. The van der Waals surface area contributed by atoms with Gasteiger partial charge in [-0.3, -0.25) is 14.5 Å². The predicted octanol–water partition coefficient (Wildman–Crippen LogP) is 2.55. The molecule has 1 aromatic carbocycles. The molecule has 0 radical (unpaired) electrons. The van der Waals surface area contributed by atoms with Crippen molar-refractivity contribution < 1.29 is 14.0 Å². The van der Waals surface area contributed by atoms with Crippen molar-refractivity contribution in [1.29, 1.82) is 0 Å². The number of benzene rings is 1. The number of hydrogen-bond donors (Lipinski definition) is 0. The van der Waals surface area contributed by atoms with Gasteiger partial charge in [-0.05, 0) is 37.0 Å². The highest BCUT2D eigenvalue weighted by molar-refractivity contribution is 5.79. The van der Waals surface area contributed by atoms with Gasteiger partial charge in [0.1, 0.15) is 5.82 Å². The van der Waals surface area contributed by atoms with Gasteiger partial charge in [0.25, 0.3) is 0 Å². The molecule has 0 N–H and O–H groups in total. The first-order valence-corrected chi connectivity index (χ1v) is 10.6. The Bertz CT molecular complexity index is 666. The van der Waals surface area contributed by atoms with E-state index < -0.39 is 0 Å². The molecule has 2 fully saturated rings. The minimum absolute atomic E-state index is 0.114. The zero-order valence-corrected chi connectivity index (χ0v) is 16.9. The molecule has 0 bridgehead atoms. The van der Waals surface area contributed by atoms with E-state index >= 15 is 0 Å². The van der Waals surface area contributed by atoms with Crippen LogP contribution in [-0.4, -0.2) is 72.3 Å². The Morgan fingerprint density at radius 3 is 2.29 bits per heavy atom. The summed E-state index contributed by atoms with van der Waals surface area (Å²) >= 11 is 0. The maximum absolute atomic E-state index is 13.3. The summed E-state index contributed by atoms with van der Waals surface area (Å²) in [7, 11) is 0. The van der Waals surface area contributed by atoms with Gasteiger partial charge in [-0.2, -0.15) is 0 Å². The second-order valence-corrected chi connectivity index (χ2v) is 8.13. The van der Waals surface area contributed by atoms with Crippen molar-refractivity contribution in [2.24, 2.45) is 5.92 Å². The van der Waals surface area contributed by atoms with E-state index in [1.807, 2.05) is 22.8 Å². The summed E-state index contributed by atoms with van der Waals surface area (Å²) in [6, 6.07) is 6.46. The van der Waals surface area contributed by atoms with Gasteiger partial charge in [-0.1, -0.05) is 31.9 Å². The van der Waals surface area contributed by atoms with Crippen LogP contribution in [0.4, 0.5) is 4.39 Å². The highest BCUT2D eigenvalue weighted by Gasteiger charge is 2.27. The van der Waals surface area contributed by atoms with Crippen LogP contribution in [0.5, 0.6) is 0 Å². The molecule has 5 nitrogen and oxygen atoms in total. The third-order valence-electron chi connectivity index (χ3n) is 5.85. The number of likely N-dealkylation sites (tertiary alicyclic amines) is 1. The van der Waals surface area contributed by atoms with E-state index in [0.29, 0.717) is 26.1 Å². The first-order valence-electron chi connectivity index (χ1n) is 10.6. The van der Waals surface area contributed by atoms with Gasteiger partial charge in [-0.15, -0.1) is 0 Å². The standard InChI is InChI=1S/C22H32FN3O2/c1-18(15-19-7-6-8-20(23)16-19)22(28)26-13-11-24(12-14-26)17-21(27)25-9-4-2-3-5-10-25/h6-8,16,18H,2-5,9-15,17H2,1H3. The molecule has 2 heterocycles. The van der Waals surface area contributed by atoms with E-state index in [9.17, 15) is 14.0 Å². The Hall–Kier alpha value is -1.95. The van der Waals surface area contributed by atoms with Gasteiger partial charge in [0.2, 0.25) is 11.8 Å². The molecule has 154 valence electrons. The summed E-state index contributed by atoms with van der Waals surface area (Å²) in [5.74, 6) is -0.101. The highest BCUT2D eigenvalue weighted by Crippen LogP contribution is 2.15. The van der Waals surface area contributed by atoms with Crippen LogP contribution in [0.2, 0.25) is 0 Å². The first-order chi connectivity index (χ1) is 13.5. The molecule has 0 aliphatic carbocycles. The van der Waals surface area contributed by atoms with Crippen LogP contribution in [0.15, 0.2) is 24.3 Å². The van der Waals surface area contributed by atoms with Crippen molar-refractivity contribution in [1.82, 2.24) is 14.7 Å². The van der Waals surface area contributed by atoms with E-state index in [-0.39, 0.29) is 23.5 Å². The van der Waals surface area contributed by atoms with Crippen LogP contribution in [0.1, 0.15) is 38.2 Å². The Morgan fingerprint density at radius 2 is 1.64 bits per heavy atom. The number of piperazine rings is 1. The molecular weight excluding hydrogens is 357 g/mol. The highest BCUT2D eigenvalue weighted by atomic mass is 19.1. The SMILES string of the molecule is CC(Cc1cccc(F)c1)C(=O)N1CCN(CC(=O)N2CCCCCC2)CC1. The van der Waals surface area contributed by atoms with Crippen molar-refractivity contribution in [2.75, 3.05) is 45.8 Å². The van der Waals surface area contributed by atoms with Crippen LogP contribution in [0.25, 0.3) is 0 Å². The Morgan fingerprint density at radius 1 is 0.964 bits per heavy atom. The molecular formula is C22H32FN3O2. The number of halogens is 1. The molecule has 0 aromatic heterocycles. The lowest BCUT2D eigenvalue weighted by molar-refractivity contribution is -0.137. The molecule has 1 unspecified atom stereocenters. The fourth-order valence-corrected chi connectivity index (χ4v) is 4.15. The fraction of sp³-hybridized carbons (Fsp3) is 0.636. The normalized spacial score (nSPS) is 19.9. The summed E-state index contributed by atoms with van der Waals surface area (Å²) in [6.07, 6.45) is 5.20. The van der Waals surface area contributed by atoms with Gasteiger partial charge in [0, 0.05) is 45.2 Å². The number of carbonyl (C=O) groups is 2. The molecule has 2 aliphatic heterocycles. The van der Waals surface area contributed by atoms with Gasteiger partial charge >= 0.3 is 0 Å². The minimum Gasteiger partial charge on any atom is -0.342 e. The van der Waals surface area contributed by atoms with Gasteiger partial charge in [-0.25, -0.2) is 4.39 Å². The van der Waals surface area contributed by atoms with Crippen molar-refractivity contribution in [3.63, 3.8) is 0 Å². The average Bonchev–Trinajstić information content (AvgIpc) is 2.97. The second-order valence-electron chi connectivity index (χ2n) is 8.13. The van der Waals surface area contributed by atoms with Gasteiger partial charge in [0.05, 0.1) is 6.54 Å². The molecule has 6 heteroatoms. The number of amides is 2. The summed E-state index contributed by atoms with van der Waals surface area (Å²) < 4.78 is 13.3. The van der Waals surface area contributed by atoms with E-state index in [1.165, 1.54) is 25.0 Å². The Balaban J connectivity index is 1.43. The number of hydrogen-bond acceptors (Lipinski definition) is 3. The van der Waals surface area contributed by atoms with Crippen molar-refractivity contribution in [2.45, 2.75) is 39.0 Å². The lowest BCUT2D eigenvalue weighted by Crippen LogP contribution is -2.52. The van der Waals surface area contributed by atoms with Crippen LogP contribution < -0.4 is 0 Å².